The largest absolute Gasteiger partial charge is 0.465 e. The van der Waals surface area contributed by atoms with Crippen LogP contribution in [0.1, 0.15) is 36.7 Å². The fourth-order valence-electron chi connectivity index (χ4n) is 2.42. The lowest BCUT2D eigenvalue weighted by molar-refractivity contribution is 0.0600. The maximum absolute atomic E-state index is 12.4. The number of hydrogen-bond donors (Lipinski definition) is 1. The van der Waals surface area contributed by atoms with E-state index < -0.39 is 5.97 Å². The zero-order valence-corrected chi connectivity index (χ0v) is 15.2. The highest BCUT2D eigenvalue weighted by Gasteiger charge is 2.12. The van der Waals surface area contributed by atoms with E-state index in [1.807, 2.05) is 12.1 Å². The van der Waals surface area contributed by atoms with Gasteiger partial charge in [0.2, 0.25) is 0 Å². The van der Waals surface area contributed by atoms with Gasteiger partial charge in [-0.2, -0.15) is 5.26 Å². The van der Waals surface area contributed by atoms with Gasteiger partial charge in [-0.25, -0.2) is 9.78 Å². The molecule has 1 heterocycles. The normalized spacial score (nSPS) is 10.1. The van der Waals surface area contributed by atoms with Gasteiger partial charge in [0, 0.05) is 23.1 Å². The molecule has 0 aliphatic carbocycles. The third-order valence-electron chi connectivity index (χ3n) is 3.78. The number of aromatic nitrogens is 1. The highest BCUT2D eigenvalue weighted by atomic mass is 32.1. The molecule has 7 heteroatoms. The molecule has 0 fully saturated rings. The molecule has 2 aromatic carbocycles. The van der Waals surface area contributed by atoms with E-state index in [9.17, 15) is 9.59 Å². The van der Waals surface area contributed by atoms with Gasteiger partial charge in [0.1, 0.15) is 0 Å². The molecule has 1 amide bonds. The number of nitrogens with one attached hydrogen (secondary N) is 1. The van der Waals surface area contributed by atoms with Gasteiger partial charge in [-0.3, -0.25) is 10.1 Å². The van der Waals surface area contributed by atoms with Gasteiger partial charge in [-0.05, 0) is 35.9 Å². The topological polar surface area (TPSA) is 92.1 Å². The maximum atomic E-state index is 12.4. The molecule has 1 N–H and O–H groups in total. The van der Waals surface area contributed by atoms with Crippen LogP contribution in [0.3, 0.4) is 0 Å². The number of ether oxygens (including phenoxy) is 1. The Morgan fingerprint density at radius 2 is 1.93 bits per heavy atom. The van der Waals surface area contributed by atoms with Crippen molar-refractivity contribution in [1.29, 1.82) is 5.26 Å². The molecular formula is C20H15N3O3S. The standard InChI is InChI=1S/C20H15N3O3S/c1-26-19(25)16-4-2-3-15(10-16)18(24)23-20-22-12-17(27-20)9-13-5-7-14(11-21)8-6-13/h2-8,10,12H,9H2,1H3,(H,22,23,24). The molecule has 0 aliphatic rings. The molecule has 6 nitrogen and oxygen atoms in total. The minimum absolute atomic E-state index is 0.311. The Labute approximate surface area is 160 Å². The number of esters is 1. The quantitative estimate of drug-likeness (QED) is 0.685. The summed E-state index contributed by atoms with van der Waals surface area (Å²) in [7, 11) is 1.29. The van der Waals surface area contributed by atoms with E-state index >= 15 is 0 Å². The van der Waals surface area contributed by atoms with E-state index in [1.54, 1.807) is 36.5 Å². The van der Waals surface area contributed by atoms with Gasteiger partial charge in [-0.15, -0.1) is 11.3 Å². The lowest BCUT2D eigenvalue weighted by atomic mass is 10.1. The Hall–Kier alpha value is -3.50. The zero-order valence-electron chi connectivity index (χ0n) is 14.4. The summed E-state index contributed by atoms with van der Waals surface area (Å²) in [6, 6.07) is 15.7. The first kappa shape index (κ1) is 18.3. The number of amides is 1. The van der Waals surface area contributed by atoms with Crippen LogP contribution >= 0.6 is 11.3 Å². The van der Waals surface area contributed by atoms with Crippen molar-refractivity contribution in [2.24, 2.45) is 0 Å². The molecule has 134 valence electrons. The third kappa shape index (κ3) is 4.57. The SMILES string of the molecule is COC(=O)c1cccc(C(=O)Nc2ncc(Cc3ccc(C#N)cc3)s2)c1. The molecule has 27 heavy (non-hydrogen) atoms. The second-order valence-electron chi connectivity index (χ2n) is 5.64. The van der Waals surface area contributed by atoms with E-state index in [0.717, 1.165) is 10.4 Å². The summed E-state index contributed by atoms with van der Waals surface area (Å²) in [4.78, 5) is 29.2. The van der Waals surface area contributed by atoms with Crippen LogP contribution in [0, 0.1) is 11.3 Å². The summed E-state index contributed by atoms with van der Waals surface area (Å²) in [6.45, 7) is 0. The number of nitriles is 1. The van der Waals surface area contributed by atoms with Crippen molar-refractivity contribution < 1.29 is 14.3 Å². The molecular weight excluding hydrogens is 362 g/mol. The molecule has 0 unspecified atom stereocenters. The number of anilines is 1. The predicted octanol–water partition coefficient (Wildman–Crippen LogP) is 3.64. The molecule has 1 aromatic heterocycles. The molecule has 0 spiro atoms. The van der Waals surface area contributed by atoms with Crippen molar-refractivity contribution in [2.45, 2.75) is 6.42 Å². The van der Waals surface area contributed by atoms with Crippen LogP contribution < -0.4 is 5.32 Å². The molecule has 0 bridgehead atoms. The Morgan fingerprint density at radius 3 is 2.63 bits per heavy atom. The lowest BCUT2D eigenvalue weighted by Gasteiger charge is -2.04. The van der Waals surface area contributed by atoms with Gasteiger partial charge in [0.05, 0.1) is 24.3 Å². The summed E-state index contributed by atoms with van der Waals surface area (Å²) in [5.74, 6) is -0.844. The number of thiazole rings is 1. The van der Waals surface area contributed by atoms with Crippen LogP contribution in [-0.2, 0) is 11.2 Å². The van der Waals surface area contributed by atoms with Gasteiger partial charge in [0.25, 0.3) is 5.91 Å². The molecule has 3 aromatic rings. The Kier molecular flexibility index (Phi) is 5.59. The van der Waals surface area contributed by atoms with Gasteiger partial charge in [-0.1, -0.05) is 18.2 Å². The summed E-state index contributed by atoms with van der Waals surface area (Å²) >= 11 is 1.38. The van der Waals surface area contributed by atoms with E-state index in [1.165, 1.54) is 24.5 Å². The van der Waals surface area contributed by atoms with Crippen LogP contribution in [0.2, 0.25) is 0 Å². The van der Waals surface area contributed by atoms with E-state index in [4.69, 9.17) is 5.26 Å². The van der Waals surface area contributed by atoms with Gasteiger partial charge >= 0.3 is 5.97 Å². The molecule has 0 saturated heterocycles. The van der Waals surface area contributed by atoms with E-state index in [-0.39, 0.29) is 5.91 Å². The van der Waals surface area contributed by atoms with Crippen LogP contribution in [0.5, 0.6) is 0 Å². The van der Waals surface area contributed by atoms with Crippen molar-refractivity contribution in [3.05, 3.63) is 81.9 Å². The minimum Gasteiger partial charge on any atom is -0.465 e. The summed E-state index contributed by atoms with van der Waals surface area (Å²) in [5, 5.41) is 12.1. The second kappa shape index (κ2) is 8.25. The Bertz CT molecular complexity index is 1020. The zero-order chi connectivity index (χ0) is 19.2. The number of rotatable bonds is 5. The van der Waals surface area contributed by atoms with E-state index in [0.29, 0.717) is 28.2 Å². The van der Waals surface area contributed by atoms with Crippen LogP contribution in [-0.4, -0.2) is 24.0 Å². The van der Waals surface area contributed by atoms with Crippen LogP contribution in [0.4, 0.5) is 5.13 Å². The van der Waals surface area contributed by atoms with Gasteiger partial charge < -0.3 is 4.74 Å². The van der Waals surface area contributed by atoms with E-state index in [2.05, 4.69) is 21.1 Å². The Balaban J connectivity index is 1.67. The average Bonchev–Trinajstić information content (AvgIpc) is 3.14. The monoisotopic (exact) mass is 377 g/mol. The van der Waals surface area contributed by atoms with Crippen LogP contribution in [0.15, 0.2) is 54.7 Å². The number of carbonyl (C=O) groups is 2. The average molecular weight is 377 g/mol. The maximum Gasteiger partial charge on any atom is 0.337 e. The first-order chi connectivity index (χ1) is 13.1. The second-order valence-corrected chi connectivity index (χ2v) is 6.76. The van der Waals surface area contributed by atoms with Crippen molar-refractivity contribution in [2.75, 3.05) is 12.4 Å². The first-order valence-electron chi connectivity index (χ1n) is 8.02. The molecule has 0 atom stereocenters. The smallest absolute Gasteiger partial charge is 0.337 e. The minimum atomic E-state index is -0.497. The number of benzene rings is 2. The number of carbonyl (C=O) groups excluding carboxylic acids is 2. The van der Waals surface area contributed by atoms with Gasteiger partial charge in [0.15, 0.2) is 5.13 Å². The third-order valence-corrected chi connectivity index (χ3v) is 4.69. The van der Waals surface area contributed by atoms with Crippen molar-refractivity contribution in [3.8, 4) is 6.07 Å². The van der Waals surface area contributed by atoms with Crippen molar-refractivity contribution in [1.82, 2.24) is 4.98 Å². The molecule has 3 rings (SSSR count). The predicted molar refractivity (Wildman–Crippen MR) is 102 cm³/mol. The summed E-state index contributed by atoms with van der Waals surface area (Å²) in [5.41, 5.74) is 2.33. The number of nitrogens with zero attached hydrogens (tertiary/aromatic N) is 2. The van der Waals surface area contributed by atoms with Crippen molar-refractivity contribution in [3.63, 3.8) is 0 Å². The highest BCUT2D eigenvalue weighted by molar-refractivity contribution is 7.15. The number of hydrogen-bond acceptors (Lipinski definition) is 6. The molecule has 0 saturated carbocycles. The van der Waals surface area contributed by atoms with Crippen molar-refractivity contribution >= 4 is 28.3 Å². The first-order valence-corrected chi connectivity index (χ1v) is 8.84. The number of methoxy groups -OCH3 is 1. The highest BCUT2D eigenvalue weighted by Crippen LogP contribution is 2.22. The van der Waals surface area contributed by atoms with Crippen LogP contribution in [0.25, 0.3) is 0 Å². The molecule has 0 radical (unpaired) electrons. The summed E-state index contributed by atoms with van der Waals surface area (Å²) < 4.78 is 4.67. The fourth-order valence-corrected chi connectivity index (χ4v) is 3.26. The fraction of sp³-hybridized carbons (Fsp3) is 0.100. The molecule has 0 aliphatic heterocycles. The lowest BCUT2D eigenvalue weighted by Crippen LogP contribution is -2.12. The Morgan fingerprint density at radius 1 is 1.19 bits per heavy atom. The summed E-state index contributed by atoms with van der Waals surface area (Å²) in [6.07, 6.45) is 2.38.